The van der Waals surface area contributed by atoms with Crippen molar-refractivity contribution in [2.24, 2.45) is 0 Å². The normalized spacial score (nSPS) is 10.7. The largest absolute Gasteiger partial charge is 0.342 e. The maximum Gasteiger partial charge on any atom is 0.297 e. The van der Waals surface area contributed by atoms with Crippen molar-refractivity contribution in [2.45, 2.75) is 13.8 Å². The van der Waals surface area contributed by atoms with Gasteiger partial charge >= 0.3 is 0 Å². The monoisotopic (exact) mass is 191 g/mol. The van der Waals surface area contributed by atoms with E-state index in [9.17, 15) is 10.1 Å². The number of rotatable bonds is 1. The topological polar surface area (TPSA) is 71.8 Å². The fourth-order valence-electron chi connectivity index (χ4n) is 1.50. The third-order valence-electron chi connectivity index (χ3n) is 2.03. The Morgan fingerprint density at radius 2 is 2.14 bits per heavy atom. The Hall–Kier alpha value is -1.91. The second-order valence-electron chi connectivity index (χ2n) is 3.26. The van der Waals surface area contributed by atoms with Crippen LogP contribution in [-0.2, 0) is 0 Å². The van der Waals surface area contributed by atoms with Gasteiger partial charge in [-0.05, 0) is 25.5 Å². The number of hydrogen-bond donors (Lipinski definition) is 1. The van der Waals surface area contributed by atoms with Crippen molar-refractivity contribution in [1.82, 2.24) is 9.97 Å². The zero-order valence-electron chi connectivity index (χ0n) is 7.87. The van der Waals surface area contributed by atoms with E-state index in [4.69, 9.17) is 0 Å². The van der Waals surface area contributed by atoms with Gasteiger partial charge in [0.05, 0.1) is 10.4 Å². The van der Waals surface area contributed by atoms with Gasteiger partial charge in [-0.2, -0.15) is 0 Å². The van der Waals surface area contributed by atoms with Gasteiger partial charge in [0.15, 0.2) is 5.52 Å². The summed E-state index contributed by atoms with van der Waals surface area (Å²) in [6, 6.07) is 3.38. The maximum atomic E-state index is 10.7. The molecule has 0 aliphatic heterocycles. The van der Waals surface area contributed by atoms with Crippen LogP contribution in [-0.4, -0.2) is 14.9 Å². The van der Waals surface area contributed by atoms with E-state index in [0.29, 0.717) is 16.9 Å². The lowest BCUT2D eigenvalue weighted by atomic mass is 10.2. The summed E-state index contributed by atoms with van der Waals surface area (Å²) in [7, 11) is 0. The Labute approximate surface area is 79.9 Å². The quantitative estimate of drug-likeness (QED) is 0.554. The lowest BCUT2D eigenvalue weighted by Crippen LogP contribution is -1.90. The van der Waals surface area contributed by atoms with E-state index in [1.807, 2.05) is 13.0 Å². The van der Waals surface area contributed by atoms with E-state index in [2.05, 4.69) is 9.97 Å². The molecule has 2 rings (SSSR count). The molecule has 1 aromatic heterocycles. The fraction of sp³-hybridized carbons (Fsp3) is 0.222. The molecule has 1 N–H and O–H groups in total. The van der Waals surface area contributed by atoms with E-state index in [0.717, 1.165) is 5.56 Å². The number of nitro benzene ring substituents is 1. The number of aromatic amines is 1. The summed E-state index contributed by atoms with van der Waals surface area (Å²) < 4.78 is 0. The Kier molecular flexibility index (Phi) is 1.73. The van der Waals surface area contributed by atoms with Gasteiger partial charge in [0.25, 0.3) is 5.69 Å². The molecule has 0 amide bonds. The predicted molar refractivity (Wildman–Crippen MR) is 52.2 cm³/mol. The molecule has 0 atom stereocenters. The van der Waals surface area contributed by atoms with Gasteiger partial charge in [-0.25, -0.2) is 4.98 Å². The number of nitro groups is 1. The summed E-state index contributed by atoms with van der Waals surface area (Å²) >= 11 is 0. The lowest BCUT2D eigenvalue weighted by molar-refractivity contribution is -0.383. The van der Waals surface area contributed by atoms with Crippen LogP contribution in [0.4, 0.5) is 5.69 Å². The third-order valence-corrected chi connectivity index (χ3v) is 2.03. The van der Waals surface area contributed by atoms with E-state index in [1.54, 1.807) is 6.92 Å². The molecule has 0 aliphatic rings. The smallest absolute Gasteiger partial charge is 0.297 e. The molecule has 0 fully saturated rings. The molecule has 0 unspecified atom stereocenters. The van der Waals surface area contributed by atoms with Crippen LogP contribution >= 0.6 is 0 Å². The summed E-state index contributed by atoms with van der Waals surface area (Å²) in [4.78, 5) is 17.4. The fourth-order valence-corrected chi connectivity index (χ4v) is 1.50. The average molecular weight is 191 g/mol. The summed E-state index contributed by atoms with van der Waals surface area (Å²) in [5, 5.41) is 10.7. The molecule has 5 heteroatoms. The van der Waals surface area contributed by atoms with Crippen molar-refractivity contribution in [2.75, 3.05) is 0 Å². The molecular weight excluding hydrogens is 182 g/mol. The molecule has 0 aliphatic carbocycles. The van der Waals surface area contributed by atoms with Crippen LogP contribution in [0.2, 0.25) is 0 Å². The van der Waals surface area contributed by atoms with E-state index < -0.39 is 4.92 Å². The zero-order valence-corrected chi connectivity index (χ0v) is 7.87. The number of fused-ring (bicyclic) bond motifs is 1. The first kappa shape index (κ1) is 8.68. The molecule has 1 heterocycles. The van der Waals surface area contributed by atoms with Crippen LogP contribution in [0.3, 0.4) is 0 Å². The van der Waals surface area contributed by atoms with Gasteiger partial charge in [-0.3, -0.25) is 10.1 Å². The van der Waals surface area contributed by atoms with Crippen LogP contribution in [0.15, 0.2) is 12.1 Å². The first-order valence-corrected chi connectivity index (χ1v) is 4.19. The minimum Gasteiger partial charge on any atom is -0.342 e. The number of nitrogens with one attached hydrogen (secondary N) is 1. The van der Waals surface area contributed by atoms with Crippen molar-refractivity contribution < 1.29 is 4.92 Å². The van der Waals surface area contributed by atoms with Crippen LogP contribution in [0.25, 0.3) is 11.0 Å². The summed E-state index contributed by atoms with van der Waals surface area (Å²) in [6.45, 7) is 3.60. The number of nitrogens with zero attached hydrogens (tertiary/aromatic N) is 2. The maximum absolute atomic E-state index is 10.7. The molecule has 0 radical (unpaired) electrons. The zero-order chi connectivity index (χ0) is 10.3. The SMILES string of the molecule is Cc1cc([N+](=O)[O-])c2nc(C)[nH]c2c1. The standard InChI is InChI=1S/C9H9N3O2/c1-5-3-7-9(11-6(2)10-7)8(4-5)12(13)14/h3-4H,1-2H3,(H,10,11). The van der Waals surface area contributed by atoms with E-state index in [1.165, 1.54) is 6.07 Å². The van der Waals surface area contributed by atoms with Gasteiger partial charge in [0.2, 0.25) is 0 Å². The van der Waals surface area contributed by atoms with Gasteiger partial charge < -0.3 is 4.98 Å². The highest BCUT2D eigenvalue weighted by Gasteiger charge is 2.15. The number of aromatic nitrogens is 2. The third kappa shape index (κ3) is 1.22. The molecule has 5 nitrogen and oxygen atoms in total. The minimum atomic E-state index is -0.407. The summed E-state index contributed by atoms with van der Waals surface area (Å²) in [5.41, 5.74) is 2.06. The van der Waals surface area contributed by atoms with Crippen LogP contribution in [0.1, 0.15) is 11.4 Å². The van der Waals surface area contributed by atoms with Crippen molar-refractivity contribution in [3.8, 4) is 0 Å². The Bertz CT molecular complexity index is 516. The predicted octanol–water partition coefficient (Wildman–Crippen LogP) is 2.09. The highest BCUT2D eigenvalue weighted by molar-refractivity contribution is 5.85. The molecule has 72 valence electrons. The minimum absolute atomic E-state index is 0.0596. The van der Waals surface area contributed by atoms with E-state index in [-0.39, 0.29) is 5.69 Å². The molecule has 0 spiro atoms. The highest BCUT2D eigenvalue weighted by Crippen LogP contribution is 2.24. The molecule has 1 aromatic carbocycles. The van der Waals surface area contributed by atoms with Gasteiger partial charge in [-0.1, -0.05) is 0 Å². The summed E-state index contributed by atoms with van der Waals surface area (Å²) in [5.74, 6) is 0.689. The van der Waals surface area contributed by atoms with Crippen molar-refractivity contribution >= 4 is 16.7 Å². The molecule has 14 heavy (non-hydrogen) atoms. The van der Waals surface area contributed by atoms with Crippen LogP contribution in [0.5, 0.6) is 0 Å². The van der Waals surface area contributed by atoms with Gasteiger partial charge in [0, 0.05) is 6.07 Å². The molecule has 0 saturated heterocycles. The molecular formula is C9H9N3O2. The van der Waals surface area contributed by atoms with E-state index >= 15 is 0 Å². The molecule has 0 bridgehead atoms. The van der Waals surface area contributed by atoms with Gasteiger partial charge in [0.1, 0.15) is 5.82 Å². The molecule has 2 aromatic rings. The first-order chi connectivity index (χ1) is 6.58. The van der Waals surface area contributed by atoms with Gasteiger partial charge in [-0.15, -0.1) is 0 Å². The van der Waals surface area contributed by atoms with Crippen molar-refractivity contribution in [3.05, 3.63) is 33.6 Å². The van der Waals surface area contributed by atoms with Crippen molar-refractivity contribution in [1.29, 1.82) is 0 Å². The number of aryl methyl sites for hydroxylation is 2. The number of non-ortho nitro benzene ring substituents is 1. The van der Waals surface area contributed by atoms with Crippen LogP contribution in [0, 0.1) is 24.0 Å². The lowest BCUT2D eigenvalue weighted by Gasteiger charge is -1.94. The molecule has 0 saturated carbocycles. The number of hydrogen-bond acceptors (Lipinski definition) is 3. The second-order valence-corrected chi connectivity index (χ2v) is 3.26. The summed E-state index contributed by atoms with van der Waals surface area (Å²) in [6.07, 6.45) is 0. The van der Waals surface area contributed by atoms with Crippen molar-refractivity contribution in [3.63, 3.8) is 0 Å². The Morgan fingerprint density at radius 3 is 2.79 bits per heavy atom. The number of H-pyrrole nitrogens is 1. The highest BCUT2D eigenvalue weighted by atomic mass is 16.6. The van der Waals surface area contributed by atoms with Crippen LogP contribution < -0.4 is 0 Å². The number of imidazole rings is 1. The Morgan fingerprint density at radius 1 is 1.43 bits per heavy atom. The Balaban J connectivity index is 2.85. The number of benzene rings is 1. The first-order valence-electron chi connectivity index (χ1n) is 4.19. The second kappa shape index (κ2) is 2.80. The average Bonchev–Trinajstić information content (AvgIpc) is 2.42.